The number of aryl methyl sites for hydroxylation is 2. The zero-order valence-electron chi connectivity index (χ0n) is 11.8. The van der Waals surface area contributed by atoms with Crippen LogP contribution in [0.1, 0.15) is 5.56 Å². The van der Waals surface area contributed by atoms with Crippen LogP contribution in [-0.2, 0) is 24.3 Å². The lowest BCUT2D eigenvalue weighted by Gasteiger charge is -2.09. The number of nitrogens with zero attached hydrogens (tertiary/aromatic N) is 6. The summed E-state index contributed by atoms with van der Waals surface area (Å²) in [7, 11) is 0. The van der Waals surface area contributed by atoms with Gasteiger partial charge in [-0.1, -0.05) is 30.3 Å². The molecule has 112 valence electrons. The molecule has 2 heterocycles. The highest BCUT2D eigenvalue weighted by Crippen LogP contribution is 2.09. The van der Waals surface area contributed by atoms with Crippen molar-refractivity contribution in [1.29, 1.82) is 0 Å². The molecule has 1 N–H and O–H groups in total. The molecule has 0 unspecified atom stereocenters. The van der Waals surface area contributed by atoms with Gasteiger partial charge >= 0.3 is 0 Å². The molecule has 3 aromatic rings. The van der Waals surface area contributed by atoms with E-state index in [1.807, 2.05) is 18.2 Å². The molecular formula is C14H15N7O. The van der Waals surface area contributed by atoms with E-state index in [0.717, 1.165) is 6.42 Å². The second kappa shape index (κ2) is 6.61. The van der Waals surface area contributed by atoms with Crippen molar-refractivity contribution in [3.05, 3.63) is 54.5 Å². The molecule has 0 radical (unpaired) electrons. The van der Waals surface area contributed by atoms with Gasteiger partial charge in [-0.05, 0) is 22.4 Å². The fraction of sp³-hybridized carbons (Fsp3) is 0.214. The number of hydrogen-bond acceptors (Lipinski definition) is 5. The first-order valence-electron chi connectivity index (χ1n) is 6.87. The minimum absolute atomic E-state index is 0.0663. The smallest absolute Gasteiger partial charge is 0.247 e. The van der Waals surface area contributed by atoms with Gasteiger partial charge in [-0.15, -0.1) is 5.10 Å². The molecule has 0 spiro atoms. The van der Waals surface area contributed by atoms with E-state index in [1.165, 1.54) is 16.6 Å². The first-order valence-corrected chi connectivity index (χ1v) is 6.87. The number of tetrazole rings is 1. The molecule has 3 rings (SSSR count). The zero-order valence-corrected chi connectivity index (χ0v) is 11.8. The Morgan fingerprint density at radius 3 is 2.82 bits per heavy atom. The fourth-order valence-corrected chi connectivity index (χ4v) is 2.08. The summed E-state index contributed by atoms with van der Waals surface area (Å²) >= 11 is 0. The van der Waals surface area contributed by atoms with Crippen LogP contribution in [-0.4, -0.2) is 35.9 Å². The van der Waals surface area contributed by atoms with E-state index in [4.69, 9.17) is 0 Å². The van der Waals surface area contributed by atoms with Crippen molar-refractivity contribution in [2.24, 2.45) is 0 Å². The molecule has 8 nitrogen and oxygen atoms in total. The van der Waals surface area contributed by atoms with Crippen molar-refractivity contribution in [3.63, 3.8) is 0 Å². The number of hydrogen-bond donors (Lipinski definition) is 1. The zero-order chi connectivity index (χ0) is 15.2. The van der Waals surface area contributed by atoms with Gasteiger partial charge in [-0.2, -0.15) is 5.10 Å². The number of carbonyl (C=O) groups excluding carboxylic acids is 1. The second-order valence-corrected chi connectivity index (χ2v) is 4.73. The Hall–Kier alpha value is -3.03. The van der Waals surface area contributed by atoms with Crippen LogP contribution in [0.4, 0.5) is 5.82 Å². The first kappa shape index (κ1) is 13.9. The maximum Gasteiger partial charge on any atom is 0.247 e. The predicted octanol–water partition coefficient (Wildman–Crippen LogP) is 0.751. The molecule has 0 fully saturated rings. The molecule has 1 aromatic carbocycles. The van der Waals surface area contributed by atoms with Crippen LogP contribution < -0.4 is 5.32 Å². The van der Waals surface area contributed by atoms with Gasteiger partial charge in [0.1, 0.15) is 18.7 Å². The third-order valence-corrected chi connectivity index (χ3v) is 3.14. The van der Waals surface area contributed by atoms with Crippen LogP contribution in [0, 0.1) is 0 Å². The highest BCUT2D eigenvalue weighted by atomic mass is 16.2. The number of aromatic nitrogens is 6. The molecule has 8 heteroatoms. The summed E-state index contributed by atoms with van der Waals surface area (Å²) in [6.07, 6.45) is 3.91. The van der Waals surface area contributed by atoms with Gasteiger partial charge in [0.15, 0.2) is 0 Å². The maximum atomic E-state index is 11.9. The first-order chi connectivity index (χ1) is 10.8. The van der Waals surface area contributed by atoms with Crippen molar-refractivity contribution in [2.75, 3.05) is 5.32 Å². The van der Waals surface area contributed by atoms with E-state index in [-0.39, 0.29) is 12.5 Å². The number of carbonyl (C=O) groups is 1. The lowest BCUT2D eigenvalue weighted by molar-refractivity contribution is -0.117. The highest BCUT2D eigenvalue weighted by Gasteiger charge is 2.08. The summed E-state index contributed by atoms with van der Waals surface area (Å²) in [4.78, 5) is 11.9. The summed E-state index contributed by atoms with van der Waals surface area (Å²) in [5.41, 5.74) is 1.23. The van der Waals surface area contributed by atoms with Crippen molar-refractivity contribution < 1.29 is 4.79 Å². The average Bonchev–Trinajstić information content (AvgIpc) is 3.18. The van der Waals surface area contributed by atoms with Gasteiger partial charge < -0.3 is 5.32 Å². The van der Waals surface area contributed by atoms with Crippen LogP contribution >= 0.6 is 0 Å². The van der Waals surface area contributed by atoms with E-state index in [2.05, 4.69) is 38.1 Å². The third-order valence-electron chi connectivity index (χ3n) is 3.14. The molecule has 0 saturated carbocycles. The lowest BCUT2D eigenvalue weighted by Crippen LogP contribution is -2.21. The number of anilines is 1. The van der Waals surface area contributed by atoms with Gasteiger partial charge in [0, 0.05) is 12.6 Å². The molecule has 0 bridgehead atoms. The molecule has 1 amide bonds. The number of rotatable bonds is 6. The Morgan fingerprint density at radius 1 is 1.18 bits per heavy atom. The van der Waals surface area contributed by atoms with E-state index >= 15 is 0 Å². The van der Waals surface area contributed by atoms with Crippen molar-refractivity contribution in [1.82, 2.24) is 30.0 Å². The van der Waals surface area contributed by atoms with Gasteiger partial charge in [0.05, 0.1) is 6.20 Å². The molecule has 22 heavy (non-hydrogen) atoms. The van der Waals surface area contributed by atoms with E-state index in [1.54, 1.807) is 16.9 Å². The molecule has 0 aliphatic carbocycles. The van der Waals surface area contributed by atoms with Crippen LogP contribution in [0.15, 0.2) is 48.9 Å². The highest BCUT2D eigenvalue weighted by molar-refractivity contribution is 5.89. The number of benzene rings is 1. The summed E-state index contributed by atoms with van der Waals surface area (Å²) in [6.45, 7) is 0.758. The summed E-state index contributed by atoms with van der Waals surface area (Å²) in [5.74, 6) is 0.461. The average molecular weight is 297 g/mol. The molecular weight excluding hydrogens is 282 g/mol. The van der Waals surface area contributed by atoms with Crippen LogP contribution in [0.2, 0.25) is 0 Å². The van der Waals surface area contributed by atoms with E-state index in [0.29, 0.717) is 12.4 Å². The molecule has 0 aliphatic heterocycles. The van der Waals surface area contributed by atoms with Gasteiger partial charge in [-0.3, -0.25) is 4.79 Å². The van der Waals surface area contributed by atoms with Gasteiger partial charge in [0.25, 0.3) is 0 Å². The van der Waals surface area contributed by atoms with Gasteiger partial charge in [0.2, 0.25) is 5.91 Å². The second-order valence-electron chi connectivity index (χ2n) is 4.73. The fourth-order valence-electron chi connectivity index (χ4n) is 2.08. The topological polar surface area (TPSA) is 90.5 Å². The van der Waals surface area contributed by atoms with E-state index in [9.17, 15) is 4.79 Å². The minimum atomic E-state index is -0.200. The Morgan fingerprint density at radius 2 is 2.05 bits per heavy atom. The normalized spacial score (nSPS) is 10.5. The minimum Gasteiger partial charge on any atom is -0.309 e. The van der Waals surface area contributed by atoms with Crippen molar-refractivity contribution in [2.45, 2.75) is 19.5 Å². The Bertz CT molecular complexity index is 721. The molecule has 0 aliphatic rings. The van der Waals surface area contributed by atoms with Crippen LogP contribution in [0.25, 0.3) is 0 Å². The SMILES string of the molecule is O=C(Cn1cnnn1)Nc1ccnn1CCc1ccccc1. The summed E-state index contributed by atoms with van der Waals surface area (Å²) in [6, 6.07) is 11.9. The standard InChI is InChI=1S/C14H15N7O/c22-14(10-20-11-15-18-19-20)17-13-6-8-16-21(13)9-7-12-4-2-1-3-5-12/h1-6,8,11H,7,9-10H2,(H,17,22). The molecule has 2 aromatic heterocycles. The summed E-state index contributed by atoms with van der Waals surface area (Å²) in [5, 5.41) is 17.7. The van der Waals surface area contributed by atoms with Crippen molar-refractivity contribution in [3.8, 4) is 0 Å². The Labute approximate surface area is 126 Å². The number of amides is 1. The predicted molar refractivity (Wildman–Crippen MR) is 78.8 cm³/mol. The summed E-state index contributed by atoms with van der Waals surface area (Å²) < 4.78 is 3.13. The van der Waals surface area contributed by atoms with Crippen LogP contribution in [0.5, 0.6) is 0 Å². The number of nitrogens with one attached hydrogen (secondary N) is 1. The quantitative estimate of drug-likeness (QED) is 0.725. The Kier molecular flexibility index (Phi) is 4.19. The lowest BCUT2D eigenvalue weighted by atomic mass is 10.1. The van der Waals surface area contributed by atoms with E-state index < -0.39 is 0 Å². The van der Waals surface area contributed by atoms with Gasteiger partial charge in [-0.25, -0.2) is 9.36 Å². The van der Waals surface area contributed by atoms with Crippen molar-refractivity contribution >= 4 is 11.7 Å². The molecule has 0 atom stereocenters. The molecule has 0 saturated heterocycles. The van der Waals surface area contributed by atoms with Crippen LogP contribution in [0.3, 0.4) is 0 Å². The Balaban J connectivity index is 1.58. The largest absolute Gasteiger partial charge is 0.309 e. The monoisotopic (exact) mass is 297 g/mol. The third kappa shape index (κ3) is 3.54. The maximum absolute atomic E-state index is 11.9.